The fraction of sp³-hybridized carbons (Fsp3) is 0.923. The summed E-state index contributed by atoms with van der Waals surface area (Å²) >= 11 is 0. The third kappa shape index (κ3) is 58.7. The van der Waals surface area contributed by atoms with E-state index >= 15 is 0 Å². The van der Waals surface area contributed by atoms with Gasteiger partial charge in [-0.1, -0.05) is 308 Å². The highest BCUT2D eigenvalue weighted by Gasteiger charge is 2.28. The summed E-state index contributed by atoms with van der Waals surface area (Å²) in [5.74, 6) is -0.170. The Morgan fingerprint density at radius 2 is 0.730 bits per heavy atom. The zero-order chi connectivity index (χ0) is 54.2. The molecule has 0 aliphatic rings. The number of carbonyl (C=O) groups is 1. The molecule has 3 atom stereocenters. The first kappa shape index (κ1) is 73.0. The Kier molecular flexibility index (Phi) is 55.9. The normalized spacial score (nSPS) is 13.9. The van der Waals surface area contributed by atoms with Gasteiger partial charge < -0.3 is 19.8 Å². The molecule has 0 aliphatic heterocycles. The second kappa shape index (κ2) is 56.7. The van der Waals surface area contributed by atoms with Crippen LogP contribution in [-0.2, 0) is 18.4 Å². The Labute approximate surface area is 462 Å². The van der Waals surface area contributed by atoms with Crippen LogP contribution in [0.25, 0.3) is 0 Å². The molecule has 9 heteroatoms. The lowest BCUT2D eigenvalue weighted by molar-refractivity contribution is -0.870. The first-order chi connectivity index (χ1) is 36.0. The third-order valence-electron chi connectivity index (χ3n) is 15.2. The van der Waals surface area contributed by atoms with Gasteiger partial charge in [-0.05, 0) is 44.9 Å². The van der Waals surface area contributed by atoms with Crippen LogP contribution in [0.2, 0.25) is 0 Å². The van der Waals surface area contributed by atoms with Crippen LogP contribution in [0.5, 0.6) is 0 Å². The summed E-state index contributed by atoms with van der Waals surface area (Å²) in [6, 6.07) is -0.845. The average Bonchev–Trinajstić information content (AvgIpc) is 3.36. The van der Waals surface area contributed by atoms with E-state index in [2.05, 4.69) is 31.3 Å². The predicted molar refractivity (Wildman–Crippen MR) is 323 cm³/mol. The lowest BCUT2D eigenvalue weighted by Gasteiger charge is -2.25. The number of quaternary nitrogens is 1. The smallest absolute Gasteiger partial charge is 0.387 e. The number of aliphatic hydroxyl groups excluding tert-OH is 1. The summed E-state index contributed by atoms with van der Waals surface area (Å²) in [4.78, 5) is 23.4. The number of unbranched alkanes of at least 4 members (excludes halogenated alkanes) is 46. The molecule has 0 bridgehead atoms. The molecule has 0 fully saturated rings. The molecule has 0 aromatic carbocycles. The van der Waals surface area contributed by atoms with Gasteiger partial charge >= 0.3 is 7.82 Å². The van der Waals surface area contributed by atoms with E-state index in [9.17, 15) is 19.4 Å². The quantitative estimate of drug-likeness (QED) is 0.0243. The van der Waals surface area contributed by atoms with E-state index in [1.54, 1.807) is 6.08 Å². The Hall–Kier alpha value is -1.02. The fourth-order valence-corrected chi connectivity index (χ4v) is 10.8. The average molecular weight is 1070 g/mol. The number of likely N-dealkylation sites (N-methyl/N-ethyl adjacent to an activating group) is 1. The molecule has 0 saturated heterocycles. The maximum atomic E-state index is 13.0. The van der Waals surface area contributed by atoms with Gasteiger partial charge in [0.15, 0.2) is 0 Å². The Morgan fingerprint density at radius 1 is 0.446 bits per heavy atom. The van der Waals surface area contributed by atoms with E-state index < -0.39 is 20.0 Å². The van der Waals surface area contributed by atoms with Crippen LogP contribution >= 0.6 is 7.82 Å². The van der Waals surface area contributed by atoms with Crippen LogP contribution in [0.3, 0.4) is 0 Å². The van der Waals surface area contributed by atoms with Gasteiger partial charge in [-0.15, -0.1) is 0 Å². The second-order valence-electron chi connectivity index (χ2n) is 23.8. The third-order valence-corrected chi connectivity index (χ3v) is 16.1. The molecule has 440 valence electrons. The number of nitrogens with zero attached hydrogens (tertiary/aromatic N) is 1. The molecule has 0 spiro atoms. The molecule has 0 saturated carbocycles. The largest absolute Gasteiger partial charge is 0.472 e. The van der Waals surface area contributed by atoms with Gasteiger partial charge in [0.1, 0.15) is 13.2 Å². The number of phosphoric acid groups is 1. The van der Waals surface area contributed by atoms with Gasteiger partial charge in [0.2, 0.25) is 5.91 Å². The molecule has 0 aliphatic carbocycles. The molecule has 1 amide bonds. The number of allylic oxidation sites excluding steroid dienone is 3. The molecule has 0 rings (SSSR count). The maximum absolute atomic E-state index is 13.0. The number of hydrogen-bond acceptors (Lipinski definition) is 5. The van der Waals surface area contributed by atoms with Crippen molar-refractivity contribution in [2.75, 3.05) is 40.9 Å². The molecule has 0 aromatic heterocycles. The van der Waals surface area contributed by atoms with Crippen LogP contribution in [0, 0.1) is 0 Å². The monoisotopic (exact) mass is 1070 g/mol. The summed E-state index contributed by atoms with van der Waals surface area (Å²) in [6.45, 7) is 4.87. The Bertz CT molecular complexity index is 1260. The minimum Gasteiger partial charge on any atom is -0.387 e. The first-order valence-corrected chi connectivity index (χ1v) is 34.2. The lowest BCUT2D eigenvalue weighted by atomic mass is 10.0. The van der Waals surface area contributed by atoms with Gasteiger partial charge in [0, 0.05) is 6.42 Å². The number of aliphatic hydroxyl groups is 1. The molecule has 0 aromatic rings. The van der Waals surface area contributed by atoms with Crippen molar-refractivity contribution in [3.63, 3.8) is 0 Å². The fourth-order valence-electron chi connectivity index (χ4n) is 10.0. The van der Waals surface area contributed by atoms with Crippen molar-refractivity contribution < 1.29 is 32.9 Å². The van der Waals surface area contributed by atoms with Crippen molar-refractivity contribution in [2.24, 2.45) is 0 Å². The highest BCUT2D eigenvalue weighted by Crippen LogP contribution is 2.43. The molecule has 0 radical (unpaired) electrons. The molecule has 8 nitrogen and oxygen atoms in total. The minimum atomic E-state index is -4.35. The van der Waals surface area contributed by atoms with Crippen LogP contribution in [0.4, 0.5) is 0 Å². The highest BCUT2D eigenvalue weighted by atomic mass is 31.2. The van der Waals surface area contributed by atoms with Gasteiger partial charge in [-0.25, -0.2) is 4.57 Å². The van der Waals surface area contributed by atoms with Gasteiger partial charge in [-0.3, -0.25) is 13.8 Å². The second-order valence-corrected chi connectivity index (χ2v) is 25.3. The summed E-state index contributed by atoms with van der Waals surface area (Å²) < 4.78 is 23.8. The van der Waals surface area contributed by atoms with Crippen molar-refractivity contribution >= 4 is 13.7 Å². The van der Waals surface area contributed by atoms with E-state index in [-0.39, 0.29) is 19.1 Å². The van der Waals surface area contributed by atoms with Crippen molar-refractivity contribution in [1.29, 1.82) is 0 Å². The Balaban J connectivity index is 4.08. The molecule has 0 heterocycles. The molecule has 3 N–H and O–H groups in total. The van der Waals surface area contributed by atoms with Gasteiger partial charge in [0.25, 0.3) is 0 Å². The SMILES string of the molecule is CCCCCCCCCCCCCC/C=C\CCCCCCCCCCCCCCCCC(=O)NC(COP(=O)(O)OCC[N+](C)(C)C)C(O)/C=C/CCCCCCCCCCCCCCCCCCCCCC. The zero-order valence-corrected chi connectivity index (χ0v) is 51.3. The van der Waals surface area contributed by atoms with Crippen molar-refractivity contribution in [1.82, 2.24) is 5.32 Å². The topological polar surface area (TPSA) is 105 Å². The van der Waals surface area contributed by atoms with Gasteiger partial charge in [0.05, 0.1) is 39.9 Å². The number of rotatable bonds is 61. The number of hydrogen-bond donors (Lipinski definition) is 3. The lowest BCUT2D eigenvalue weighted by Crippen LogP contribution is -2.45. The summed E-state index contributed by atoms with van der Waals surface area (Å²) in [5, 5.41) is 14.0. The van der Waals surface area contributed by atoms with E-state index in [0.717, 1.165) is 32.1 Å². The highest BCUT2D eigenvalue weighted by molar-refractivity contribution is 7.47. The van der Waals surface area contributed by atoms with Crippen LogP contribution in [0.1, 0.15) is 335 Å². The number of carbonyl (C=O) groups excluding carboxylic acids is 1. The standard InChI is InChI=1S/C65H129N2O6P/c1-6-8-10-12-14-16-18-20-22-24-26-28-30-31-32-33-34-35-36-37-39-41-43-45-47-49-51-53-55-57-59-65(69)66-63(62-73-74(70,71)72-61-60-67(3,4)5)64(68)58-56-54-52-50-48-46-44-42-40-38-29-27-25-23-21-19-17-15-13-11-9-7-2/h31-32,56,58,63-64,68H,6-30,33-55,57,59-62H2,1-5H3,(H-,66,69,70,71)/p+1/b32-31-,58-56+. The van der Waals surface area contributed by atoms with Crippen LogP contribution in [-0.4, -0.2) is 73.4 Å². The number of phosphoric ester groups is 1. The van der Waals surface area contributed by atoms with Crippen molar-refractivity contribution in [2.45, 2.75) is 347 Å². The molecule has 74 heavy (non-hydrogen) atoms. The molecule has 3 unspecified atom stereocenters. The van der Waals surface area contributed by atoms with E-state index in [4.69, 9.17) is 9.05 Å². The molecular weight excluding hydrogens is 936 g/mol. The summed E-state index contributed by atoms with van der Waals surface area (Å²) in [6.07, 6.45) is 73.0. The zero-order valence-electron chi connectivity index (χ0n) is 50.4. The number of amides is 1. The van der Waals surface area contributed by atoms with Crippen LogP contribution < -0.4 is 5.32 Å². The minimum absolute atomic E-state index is 0.0639. The Morgan fingerprint density at radius 3 is 1.04 bits per heavy atom. The number of nitrogens with one attached hydrogen (secondary N) is 1. The summed E-state index contributed by atoms with van der Waals surface area (Å²) in [5.41, 5.74) is 0. The van der Waals surface area contributed by atoms with Crippen molar-refractivity contribution in [3.05, 3.63) is 24.3 Å². The first-order valence-electron chi connectivity index (χ1n) is 32.7. The maximum Gasteiger partial charge on any atom is 0.472 e. The van der Waals surface area contributed by atoms with Gasteiger partial charge in [-0.2, -0.15) is 0 Å². The van der Waals surface area contributed by atoms with E-state index in [0.29, 0.717) is 17.4 Å². The van der Waals surface area contributed by atoms with E-state index in [1.165, 1.54) is 283 Å². The van der Waals surface area contributed by atoms with Crippen molar-refractivity contribution in [3.8, 4) is 0 Å². The predicted octanol–water partition coefficient (Wildman–Crippen LogP) is 20.3. The van der Waals surface area contributed by atoms with Crippen LogP contribution in [0.15, 0.2) is 24.3 Å². The summed E-state index contributed by atoms with van der Waals surface area (Å²) in [7, 11) is 1.59. The van der Waals surface area contributed by atoms with E-state index in [1.807, 2.05) is 27.2 Å². The molecular formula is C65H130N2O6P+.